The number of piperidine rings is 4. The lowest BCUT2D eigenvalue weighted by molar-refractivity contribution is -0.140. The highest BCUT2D eigenvalue weighted by Gasteiger charge is 2.56. The SMILES string of the molecule is CC(C)n1cnc2cc(-c3ccc4c(c3)N([C@H]3C[C@@H](N5CCCCC5)C3)C(=O)C43CCN(C(O)C4CCN(C(=O)C5CCC(CNc6cc(C7CCC(=O)NC7=O)ccn6)CC5)CC4)CC3)nc(Nc3ccccc3F)c21. The van der Waals surface area contributed by atoms with Crippen LogP contribution in [0.1, 0.15) is 133 Å². The Morgan fingerprint density at radius 1 is 0.857 bits per heavy atom. The Labute approximate surface area is 450 Å². The monoisotopic (exact) mass is 1050 g/mol. The average molecular weight is 1050 g/mol. The molecule has 3 aromatic heterocycles. The van der Waals surface area contributed by atoms with Gasteiger partial charge in [-0.3, -0.25) is 29.4 Å². The number of pyridine rings is 2. The highest BCUT2D eigenvalue weighted by molar-refractivity contribution is 6.09. The largest absolute Gasteiger partial charge is 0.378 e. The number of benzene rings is 2. The number of aliphatic hydroxyl groups is 1. The van der Waals surface area contributed by atoms with Crippen molar-refractivity contribution in [3.63, 3.8) is 0 Å². The molecule has 2 unspecified atom stereocenters. The van der Waals surface area contributed by atoms with E-state index in [1.165, 1.54) is 25.3 Å². The summed E-state index contributed by atoms with van der Waals surface area (Å²) in [6, 6.07) is 19.4. The zero-order chi connectivity index (χ0) is 53.0. The van der Waals surface area contributed by atoms with Gasteiger partial charge in [0.25, 0.3) is 0 Å². The number of hydrogen-bond acceptors (Lipinski definition) is 12. The second-order valence-corrected chi connectivity index (χ2v) is 23.6. The summed E-state index contributed by atoms with van der Waals surface area (Å²) in [6.07, 6.45) is 15.7. The van der Waals surface area contributed by atoms with Crippen LogP contribution in [0.15, 0.2) is 73.2 Å². The summed E-state index contributed by atoms with van der Waals surface area (Å²) < 4.78 is 17.2. The van der Waals surface area contributed by atoms with Crippen molar-refractivity contribution in [3.05, 3.63) is 90.1 Å². The van der Waals surface area contributed by atoms with Crippen LogP contribution >= 0.6 is 0 Å². The summed E-state index contributed by atoms with van der Waals surface area (Å²) in [5, 5.41) is 21.2. The van der Waals surface area contributed by atoms with Crippen molar-refractivity contribution in [3.8, 4) is 11.3 Å². The Morgan fingerprint density at radius 3 is 2.36 bits per heavy atom. The number of likely N-dealkylation sites (tertiary alicyclic amines) is 3. The third-order valence-electron chi connectivity index (χ3n) is 18.8. The first-order valence-electron chi connectivity index (χ1n) is 28.8. The van der Waals surface area contributed by atoms with E-state index in [1.54, 1.807) is 24.4 Å². The number of aliphatic hydroxyl groups excluding tert-OH is 1. The van der Waals surface area contributed by atoms with Gasteiger partial charge in [0.2, 0.25) is 23.6 Å². The van der Waals surface area contributed by atoms with Gasteiger partial charge in [0.05, 0.1) is 34.6 Å². The molecule has 4 amide bonds. The highest BCUT2D eigenvalue weighted by Crippen LogP contribution is 2.53. The van der Waals surface area contributed by atoms with Crippen molar-refractivity contribution in [2.24, 2.45) is 17.8 Å². The van der Waals surface area contributed by atoms with E-state index in [-0.39, 0.29) is 59.3 Å². The molecular weight excluding hydrogens is 974 g/mol. The van der Waals surface area contributed by atoms with E-state index in [2.05, 4.69) is 72.2 Å². The van der Waals surface area contributed by atoms with Gasteiger partial charge >= 0.3 is 0 Å². The summed E-state index contributed by atoms with van der Waals surface area (Å²) in [5.41, 5.74) is 5.60. The van der Waals surface area contributed by atoms with Gasteiger partial charge in [0.1, 0.15) is 23.4 Å². The summed E-state index contributed by atoms with van der Waals surface area (Å²) in [6.45, 7) is 9.65. The number of rotatable bonds is 13. The van der Waals surface area contributed by atoms with E-state index in [0.29, 0.717) is 81.0 Å². The van der Waals surface area contributed by atoms with E-state index in [9.17, 15) is 19.5 Å². The summed E-state index contributed by atoms with van der Waals surface area (Å²) in [5.74, 6) is 0.902. The Morgan fingerprint density at radius 2 is 1.62 bits per heavy atom. The molecule has 4 saturated heterocycles. The zero-order valence-electron chi connectivity index (χ0n) is 44.6. The van der Waals surface area contributed by atoms with Crippen LogP contribution in [0.4, 0.5) is 27.4 Å². The molecule has 5 aliphatic heterocycles. The van der Waals surface area contributed by atoms with Crippen LogP contribution in [0, 0.1) is 23.6 Å². The van der Waals surface area contributed by atoms with Crippen LogP contribution in [0.2, 0.25) is 0 Å². The molecule has 1 spiro atoms. The second kappa shape index (κ2) is 21.5. The van der Waals surface area contributed by atoms with Crippen molar-refractivity contribution in [1.82, 2.24) is 39.5 Å². The minimum atomic E-state index is -0.699. The fourth-order valence-corrected chi connectivity index (χ4v) is 14.1. The molecular formula is C60H74FN11O5. The van der Waals surface area contributed by atoms with E-state index in [1.807, 2.05) is 29.4 Å². The van der Waals surface area contributed by atoms with Crippen LogP contribution in [-0.2, 0) is 24.6 Å². The molecule has 2 aromatic carbocycles. The average Bonchev–Trinajstić information content (AvgIpc) is 4.20. The third kappa shape index (κ3) is 10.0. The van der Waals surface area contributed by atoms with Gasteiger partial charge in [-0.1, -0.05) is 30.7 Å². The quantitative estimate of drug-likeness (QED) is 0.0826. The summed E-state index contributed by atoms with van der Waals surface area (Å²) in [7, 11) is 0. The molecule has 8 heterocycles. The van der Waals surface area contributed by atoms with Crippen LogP contribution < -0.4 is 20.9 Å². The first-order chi connectivity index (χ1) is 37.4. The van der Waals surface area contributed by atoms with Crippen LogP contribution in [0.5, 0.6) is 0 Å². The zero-order valence-corrected chi connectivity index (χ0v) is 44.6. The molecule has 77 heavy (non-hydrogen) atoms. The van der Waals surface area contributed by atoms with Gasteiger partial charge in [0.15, 0.2) is 5.82 Å². The van der Waals surface area contributed by atoms with Crippen LogP contribution in [0.25, 0.3) is 22.3 Å². The van der Waals surface area contributed by atoms with Gasteiger partial charge in [-0.2, -0.15) is 0 Å². The smallest absolute Gasteiger partial charge is 0.238 e. The van der Waals surface area contributed by atoms with Crippen LogP contribution in [0.3, 0.4) is 0 Å². The Hall–Kier alpha value is -6.30. The number of imidazole rings is 1. The number of carbonyl (C=O) groups excluding carboxylic acids is 4. The number of imide groups is 1. The Bertz CT molecular complexity index is 3020. The number of nitrogens with zero attached hydrogens (tertiary/aromatic N) is 8. The lowest BCUT2D eigenvalue weighted by Crippen LogP contribution is -2.59. The fourth-order valence-electron chi connectivity index (χ4n) is 14.1. The molecule has 5 aromatic rings. The van der Waals surface area contributed by atoms with Crippen molar-refractivity contribution in [1.29, 1.82) is 0 Å². The van der Waals surface area contributed by atoms with Gasteiger partial charge in [0, 0.05) is 86.6 Å². The van der Waals surface area contributed by atoms with Crippen molar-refractivity contribution >= 4 is 57.7 Å². The highest BCUT2D eigenvalue weighted by atomic mass is 19.1. The van der Waals surface area contributed by atoms with E-state index in [0.717, 1.165) is 110 Å². The molecule has 2 aliphatic carbocycles. The maximum Gasteiger partial charge on any atom is 0.238 e. The number of anilines is 4. The van der Waals surface area contributed by atoms with E-state index in [4.69, 9.17) is 9.97 Å². The molecule has 16 nitrogen and oxygen atoms in total. The first kappa shape index (κ1) is 51.5. The topological polar surface area (TPSA) is 181 Å². The molecule has 2 atom stereocenters. The molecule has 0 radical (unpaired) electrons. The van der Waals surface area contributed by atoms with Gasteiger partial charge in [-0.05, 0) is 164 Å². The fraction of sp³-hybridized carbons (Fsp3) is 0.550. The molecule has 2 saturated carbocycles. The maximum absolute atomic E-state index is 15.3. The summed E-state index contributed by atoms with van der Waals surface area (Å²) in [4.78, 5) is 76.8. The number of halogens is 1. The number of aromatic nitrogens is 4. The number of fused-ring (bicyclic) bond motifs is 3. The Kier molecular flexibility index (Phi) is 14.4. The normalized spacial score (nSPS) is 25.7. The molecule has 7 aliphatic rings. The third-order valence-corrected chi connectivity index (χ3v) is 18.8. The standard InChI is InChI=1S/C60H74FN11O5/c1-37(2)71-36-64-50-34-49(66-55(54(50)71)65-48-9-5-4-8-47(48)61)42-14-16-46-51(30-42)72(44-32-43(33-44)68-24-6-3-7-25-68)59(77)60(46)21-28-70(29-22-60)58(76)40-19-26-69(27-20-40)57(75)39-12-10-38(11-13-39)35-63-52-31-41(18-23-62-52)45-15-17-53(73)67-56(45)74/h4-5,8-9,14,16,18,23,30-31,34,36-40,43-45,58,76H,3,6-7,10-13,15,17,19-22,24-29,32-33,35H2,1-2H3,(H,62,63)(H,65,66)(H,67,73,74)/t38?,39?,43-,44+,45?,58?. The first-order valence-corrected chi connectivity index (χ1v) is 28.8. The summed E-state index contributed by atoms with van der Waals surface area (Å²) >= 11 is 0. The van der Waals surface area contributed by atoms with Crippen molar-refractivity contribution < 1.29 is 28.7 Å². The number of amides is 4. The molecule has 0 bridgehead atoms. The minimum Gasteiger partial charge on any atom is -0.378 e. The van der Waals surface area contributed by atoms with Gasteiger partial charge < -0.3 is 35.0 Å². The predicted molar refractivity (Wildman–Crippen MR) is 294 cm³/mol. The van der Waals surface area contributed by atoms with E-state index < -0.39 is 11.6 Å². The number of hydrogen-bond donors (Lipinski definition) is 4. The van der Waals surface area contributed by atoms with Crippen LogP contribution in [-0.4, -0.2) is 127 Å². The van der Waals surface area contributed by atoms with Crippen molar-refractivity contribution in [2.45, 2.75) is 146 Å². The second-order valence-electron chi connectivity index (χ2n) is 23.6. The van der Waals surface area contributed by atoms with Gasteiger partial charge in [-0.25, -0.2) is 19.3 Å². The predicted octanol–water partition coefficient (Wildman–Crippen LogP) is 8.65. The minimum absolute atomic E-state index is 0.00704. The number of carbonyl (C=O) groups is 4. The number of nitrogens with one attached hydrogen (secondary N) is 3. The molecule has 12 rings (SSSR count). The Balaban J connectivity index is 0.691. The maximum atomic E-state index is 15.3. The molecule has 4 N–H and O–H groups in total. The lowest BCUT2D eigenvalue weighted by atomic mass is 9.73. The number of para-hydroxylation sites is 1. The van der Waals surface area contributed by atoms with Gasteiger partial charge in [-0.15, -0.1) is 0 Å². The van der Waals surface area contributed by atoms with Crippen molar-refractivity contribution in [2.75, 3.05) is 61.3 Å². The lowest BCUT2D eigenvalue weighted by Gasteiger charge is -2.48. The molecule has 17 heteroatoms. The van der Waals surface area contributed by atoms with E-state index >= 15 is 9.18 Å². The molecule has 6 fully saturated rings. The molecule has 406 valence electrons.